The number of hydrogen-bond donors (Lipinski definition) is 4. The standard InChI is InChI=1S/C33H39ClN8O5/c1-20(43)42-13-11-41(12-14-42)10-5-15-46-28-18-26-22(17-23(28)31(35)44)27(8-9-36-26)47-21-6-7-25(24(34)16-21)37-32(45)38-30-19-29(39-40-30)33(2,3)4/h6-9,16-19H,5,10-15H2,1-4H3,(H2,35,44)(H3,37,38,39,40,45). The highest BCUT2D eigenvalue weighted by Crippen LogP contribution is 2.35. The van der Waals surface area contributed by atoms with Gasteiger partial charge in [-0.15, -0.1) is 0 Å². The van der Waals surface area contributed by atoms with E-state index in [9.17, 15) is 14.4 Å². The number of aromatic nitrogens is 3. The van der Waals surface area contributed by atoms with Gasteiger partial charge in [-0.05, 0) is 30.7 Å². The van der Waals surface area contributed by atoms with Crippen LogP contribution < -0.4 is 25.8 Å². The number of urea groups is 1. The van der Waals surface area contributed by atoms with Gasteiger partial charge >= 0.3 is 6.03 Å². The predicted octanol–water partition coefficient (Wildman–Crippen LogP) is 5.38. The van der Waals surface area contributed by atoms with Crippen molar-refractivity contribution in [3.05, 3.63) is 64.9 Å². The highest BCUT2D eigenvalue weighted by Gasteiger charge is 2.20. The normalized spacial score (nSPS) is 13.8. The summed E-state index contributed by atoms with van der Waals surface area (Å²) in [4.78, 5) is 45.1. The van der Waals surface area contributed by atoms with E-state index in [-0.39, 0.29) is 21.9 Å². The maximum Gasteiger partial charge on any atom is 0.324 e. The lowest BCUT2D eigenvalue weighted by Gasteiger charge is -2.34. The van der Waals surface area contributed by atoms with Crippen LogP contribution in [-0.2, 0) is 10.2 Å². The van der Waals surface area contributed by atoms with Crippen molar-refractivity contribution in [1.29, 1.82) is 0 Å². The third-order valence-electron chi connectivity index (χ3n) is 7.77. The molecule has 1 fully saturated rings. The van der Waals surface area contributed by atoms with Crippen LogP contribution in [0.5, 0.6) is 17.2 Å². The molecule has 13 nitrogen and oxygen atoms in total. The second kappa shape index (κ2) is 14.3. The Morgan fingerprint density at radius 3 is 2.45 bits per heavy atom. The van der Waals surface area contributed by atoms with Gasteiger partial charge in [0.25, 0.3) is 5.91 Å². The van der Waals surface area contributed by atoms with Gasteiger partial charge in [0.15, 0.2) is 0 Å². The van der Waals surface area contributed by atoms with Gasteiger partial charge in [-0.3, -0.25) is 29.9 Å². The first-order valence-corrected chi connectivity index (χ1v) is 15.7. The van der Waals surface area contributed by atoms with Crippen molar-refractivity contribution in [2.24, 2.45) is 5.73 Å². The molecule has 0 unspecified atom stereocenters. The van der Waals surface area contributed by atoms with Crippen LogP contribution in [0.3, 0.4) is 0 Å². The van der Waals surface area contributed by atoms with E-state index in [0.29, 0.717) is 46.3 Å². The maximum atomic E-state index is 12.6. The molecule has 0 spiro atoms. The average Bonchev–Trinajstić information content (AvgIpc) is 3.50. The van der Waals surface area contributed by atoms with Crippen LogP contribution in [0.25, 0.3) is 10.9 Å². The Morgan fingerprint density at radius 1 is 1.02 bits per heavy atom. The molecule has 3 heterocycles. The van der Waals surface area contributed by atoms with Gasteiger partial charge < -0.3 is 25.4 Å². The second-order valence-corrected chi connectivity index (χ2v) is 12.7. The summed E-state index contributed by atoms with van der Waals surface area (Å²) in [6.07, 6.45) is 2.33. The number of fused-ring (bicyclic) bond motifs is 1. The van der Waals surface area contributed by atoms with Crippen molar-refractivity contribution in [2.75, 3.05) is 50.0 Å². The van der Waals surface area contributed by atoms with Gasteiger partial charge in [0.2, 0.25) is 5.91 Å². The number of halogens is 1. The number of hydrogen-bond acceptors (Lipinski definition) is 8. The van der Waals surface area contributed by atoms with E-state index >= 15 is 0 Å². The summed E-state index contributed by atoms with van der Waals surface area (Å²) >= 11 is 6.49. The first-order valence-electron chi connectivity index (χ1n) is 15.3. The van der Waals surface area contributed by atoms with E-state index in [1.807, 2.05) is 25.7 Å². The highest BCUT2D eigenvalue weighted by molar-refractivity contribution is 6.34. The third-order valence-corrected chi connectivity index (χ3v) is 8.09. The molecule has 5 N–H and O–H groups in total. The summed E-state index contributed by atoms with van der Waals surface area (Å²) in [5.74, 6) is 1.09. The monoisotopic (exact) mass is 662 g/mol. The lowest BCUT2D eigenvalue weighted by molar-refractivity contribution is -0.130. The van der Waals surface area contributed by atoms with Crippen molar-refractivity contribution in [1.82, 2.24) is 25.0 Å². The molecular formula is C33H39ClN8O5. The first kappa shape index (κ1) is 33.5. The van der Waals surface area contributed by atoms with Crippen LogP contribution in [0, 0.1) is 0 Å². The molecule has 0 aliphatic carbocycles. The van der Waals surface area contributed by atoms with Crippen molar-refractivity contribution >= 4 is 51.9 Å². The van der Waals surface area contributed by atoms with Gasteiger partial charge in [-0.25, -0.2) is 4.79 Å². The minimum absolute atomic E-state index is 0.0997. The lowest BCUT2D eigenvalue weighted by atomic mass is 9.92. The molecule has 1 aliphatic rings. The topological polar surface area (TPSA) is 168 Å². The molecule has 2 aromatic heterocycles. The number of carbonyl (C=O) groups is 3. The number of nitrogens with zero attached hydrogens (tertiary/aromatic N) is 4. The Hall–Kier alpha value is -4.88. The zero-order valence-electron chi connectivity index (χ0n) is 26.9. The molecule has 1 saturated heterocycles. The summed E-state index contributed by atoms with van der Waals surface area (Å²) in [7, 11) is 0. The number of amides is 4. The number of primary amides is 1. The molecule has 5 rings (SSSR count). The van der Waals surface area contributed by atoms with Crippen molar-refractivity contribution < 1.29 is 23.9 Å². The number of nitrogens with two attached hydrogens (primary N) is 1. The van der Waals surface area contributed by atoms with E-state index in [0.717, 1.165) is 44.8 Å². The Balaban J connectivity index is 1.22. The first-order chi connectivity index (χ1) is 22.4. The van der Waals surface area contributed by atoms with E-state index in [2.05, 4.69) is 30.7 Å². The van der Waals surface area contributed by atoms with E-state index < -0.39 is 11.9 Å². The fraction of sp³-hybridized carbons (Fsp3) is 0.364. The molecule has 0 radical (unpaired) electrons. The summed E-state index contributed by atoms with van der Waals surface area (Å²) in [6.45, 7) is 11.9. The fourth-order valence-corrected chi connectivity index (χ4v) is 5.36. The fourth-order valence-electron chi connectivity index (χ4n) is 5.14. The molecule has 0 atom stereocenters. The number of anilines is 2. The molecule has 248 valence electrons. The van der Waals surface area contributed by atoms with Gasteiger partial charge in [0.1, 0.15) is 23.1 Å². The van der Waals surface area contributed by atoms with E-state index in [4.69, 9.17) is 26.8 Å². The summed E-state index contributed by atoms with van der Waals surface area (Å²) in [5.41, 5.74) is 7.52. The van der Waals surface area contributed by atoms with Crippen molar-refractivity contribution in [3.63, 3.8) is 0 Å². The van der Waals surface area contributed by atoms with E-state index in [1.165, 1.54) is 0 Å². The predicted molar refractivity (Wildman–Crippen MR) is 181 cm³/mol. The quantitative estimate of drug-likeness (QED) is 0.164. The number of rotatable bonds is 10. The molecular weight excluding hydrogens is 624 g/mol. The summed E-state index contributed by atoms with van der Waals surface area (Å²) in [5, 5.41) is 13.3. The van der Waals surface area contributed by atoms with Gasteiger partial charge in [-0.1, -0.05) is 32.4 Å². The number of benzene rings is 2. The number of piperazine rings is 1. The SMILES string of the molecule is CC(=O)N1CCN(CCCOc2cc3nccc(Oc4ccc(NC(=O)Nc5cc(C(C)(C)C)n[nH]5)c(Cl)c4)c3cc2C(N)=O)CC1. The smallest absolute Gasteiger partial charge is 0.324 e. The number of nitrogens with one attached hydrogen (secondary N) is 3. The number of H-pyrrole nitrogens is 1. The number of pyridine rings is 1. The molecule has 14 heteroatoms. The van der Waals surface area contributed by atoms with Crippen LogP contribution in [0.1, 0.15) is 50.2 Å². The summed E-state index contributed by atoms with van der Waals surface area (Å²) < 4.78 is 12.1. The summed E-state index contributed by atoms with van der Waals surface area (Å²) in [6, 6.07) is 11.1. The van der Waals surface area contributed by atoms with Gasteiger partial charge in [0.05, 0.1) is 34.1 Å². The Kier molecular flexibility index (Phi) is 10.2. The van der Waals surface area contributed by atoms with Crippen LogP contribution in [0.4, 0.5) is 16.3 Å². The van der Waals surface area contributed by atoms with E-state index in [1.54, 1.807) is 55.6 Å². The Labute approximate surface area is 277 Å². The number of carbonyl (C=O) groups excluding carboxylic acids is 3. The molecule has 2 aromatic carbocycles. The third kappa shape index (κ3) is 8.48. The van der Waals surface area contributed by atoms with Crippen LogP contribution in [0.2, 0.25) is 5.02 Å². The molecule has 0 saturated carbocycles. The average molecular weight is 663 g/mol. The highest BCUT2D eigenvalue weighted by atomic mass is 35.5. The van der Waals surface area contributed by atoms with Crippen LogP contribution in [-0.4, -0.2) is 82.2 Å². The van der Waals surface area contributed by atoms with Crippen LogP contribution >= 0.6 is 11.6 Å². The minimum atomic E-state index is -0.640. The van der Waals surface area contributed by atoms with Crippen molar-refractivity contribution in [2.45, 2.75) is 39.5 Å². The zero-order valence-corrected chi connectivity index (χ0v) is 27.6. The zero-order chi connectivity index (χ0) is 33.7. The molecule has 1 aliphatic heterocycles. The largest absolute Gasteiger partial charge is 0.493 e. The lowest BCUT2D eigenvalue weighted by Crippen LogP contribution is -2.48. The van der Waals surface area contributed by atoms with Crippen LogP contribution in [0.15, 0.2) is 48.7 Å². The molecule has 47 heavy (non-hydrogen) atoms. The Morgan fingerprint density at radius 2 is 1.79 bits per heavy atom. The molecule has 0 bridgehead atoms. The maximum absolute atomic E-state index is 12.6. The number of ether oxygens (including phenoxy) is 2. The van der Waals surface area contributed by atoms with Gasteiger partial charge in [0, 0.05) is 74.8 Å². The minimum Gasteiger partial charge on any atom is -0.493 e. The molecule has 4 aromatic rings. The molecule has 4 amide bonds. The van der Waals surface area contributed by atoms with Gasteiger partial charge in [-0.2, -0.15) is 5.10 Å². The second-order valence-electron chi connectivity index (χ2n) is 12.3. The Bertz CT molecular complexity index is 1780. The van der Waals surface area contributed by atoms with Crippen molar-refractivity contribution in [3.8, 4) is 17.2 Å². The number of aromatic amines is 1.